The van der Waals surface area contributed by atoms with Crippen LogP contribution in [-0.4, -0.2) is 19.3 Å². The Bertz CT molecular complexity index is 943. The van der Waals surface area contributed by atoms with Crippen molar-refractivity contribution in [2.45, 2.75) is 39.5 Å². The third kappa shape index (κ3) is 6.35. The van der Waals surface area contributed by atoms with Crippen LogP contribution in [0.2, 0.25) is 10.0 Å². The van der Waals surface area contributed by atoms with E-state index in [1.165, 1.54) is 10.8 Å². The second-order valence-electron chi connectivity index (χ2n) is 7.25. The van der Waals surface area contributed by atoms with Gasteiger partial charge in [-0.15, -0.1) is 0 Å². The van der Waals surface area contributed by atoms with E-state index in [2.05, 4.69) is 49.5 Å². The van der Waals surface area contributed by atoms with Gasteiger partial charge in [0.2, 0.25) is 0 Å². The van der Waals surface area contributed by atoms with Crippen LogP contribution in [0.4, 0.5) is 0 Å². The summed E-state index contributed by atoms with van der Waals surface area (Å²) in [5.74, 6) is 0.876. The van der Waals surface area contributed by atoms with E-state index < -0.39 is 0 Å². The van der Waals surface area contributed by atoms with Gasteiger partial charge in [-0.3, -0.25) is 0 Å². The number of nitrogens with one attached hydrogen (secondary N) is 1. The van der Waals surface area contributed by atoms with Gasteiger partial charge in [-0.1, -0.05) is 59.6 Å². The third-order valence-electron chi connectivity index (χ3n) is 4.63. The summed E-state index contributed by atoms with van der Waals surface area (Å²) in [6.45, 7) is 6.94. The molecule has 0 fully saturated rings. The van der Waals surface area contributed by atoms with Crippen LogP contribution in [0.15, 0.2) is 54.6 Å². The molecule has 0 aliphatic carbocycles. The zero-order chi connectivity index (χ0) is 20.6. The molecule has 154 valence electrons. The lowest BCUT2D eigenvalue weighted by molar-refractivity contribution is 0.0770. The number of benzene rings is 3. The van der Waals surface area contributed by atoms with Gasteiger partial charge in [-0.05, 0) is 61.3 Å². The molecule has 0 saturated heterocycles. The van der Waals surface area contributed by atoms with Gasteiger partial charge >= 0.3 is 0 Å². The van der Waals surface area contributed by atoms with Gasteiger partial charge in [0.25, 0.3) is 0 Å². The predicted molar refractivity (Wildman–Crippen MR) is 122 cm³/mol. The molecule has 0 aliphatic rings. The van der Waals surface area contributed by atoms with Crippen molar-refractivity contribution in [2.24, 2.45) is 0 Å². The zero-order valence-corrected chi connectivity index (χ0v) is 18.4. The molecule has 0 aliphatic heterocycles. The smallest absolute Gasteiger partial charge is 0.124 e. The van der Waals surface area contributed by atoms with Crippen molar-refractivity contribution >= 4 is 34.0 Å². The molecule has 5 heteroatoms. The molecule has 0 amide bonds. The Labute approximate surface area is 182 Å². The van der Waals surface area contributed by atoms with Crippen molar-refractivity contribution in [2.75, 3.05) is 13.2 Å². The maximum Gasteiger partial charge on any atom is 0.124 e. The minimum atomic E-state index is 0.273. The van der Waals surface area contributed by atoms with Gasteiger partial charge < -0.3 is 14.8 Å². The summed E-state index contributed by atoms with van der Waals surface area (Å²) >= 11 is 12.1. The molecule has 3 nitrogen and oxygen atoms in total. The molecule has 3 rings (SSSR count). The second kappa shape index (κ2) is 10.8. The molecule has 0 heterocycles. The molecule has 3 aromatic carbocycles. The highest BCUT2D eigenvalue weighted by Crippen LogP contribution is 2.29. The fraction of sp³-hybridized carbons (Fsp3) is 0.333. The monoisotopic (exact) mass is 431 g/mol. The maximum absolute atomic E-state index is 6.17. The molecule has 0 aromatic heterocycles. The van der Waals surface area contributed by atoms with Crippen molar-refractivity contribution in [3.8, 4) is 5.75 Å². The summed E-state index contributed by atoms with van der Waals surface area (Å²) in [6.07, 6.45) is 1.25. The molecule has 0 spiro atoms. The lowest BCUT2D eigenvalue weighted by atomic mass is 10.0. The number of fused-ring (bicyclic) bond motifs is 1. The van der Waals surface area contributed by atoms with Gasteiger partial charge in [0.05, 0.1) is 16.1 Å². The molecule has 0 saturated carbocycles. The topological polar surface area (TPSA) is 30.5 Å². The number of hydrogen-bond acceptors (Lipinski definition) is 3. The largest absolute Gasteiger partial charge is 0.489 e. The van der Waals surface area contributed by atoms with E-state index in [4.69, 9.17) is 32.7 Å². The normalized spacial score (nSPS) is 11.3. The standard InChI is InChI=1S/C24H27Cl2NO2/c1-17(2)28-13-5-12-27-15-21-20-7-4-3-6-19(20)9-11-24(21)29-16-18-8-10-22(25)23(26)14-18/h3-4,6-11,14,17,27H,5,12-13,15-16H2,1-2H3. The van der Waals surface area contributed by atoms with Gasteiger partial charge in [0.1, 0.15) is 12.4 Å². The summed E-state index contributed by atoms with van der Waals surface area (Å²) in [5.41, 5.74) is 2.14. The first-order valence-electron chi connectivity index (χ1n) is 9.94. The first-order valence-corrected chi connectivity index (χ1v) is 10.7. The fourth-order valence-electron chi connectivity index (χ4n) is 3.15. The molecular formula is C24H27Cl2NO2. The second-order valence-corrected chi connectivity index (χ2v) is 8.06. The predicted octanol–water partition coefficient (Wildman–Crippen LogP) is 6.63. The maximum atomic E-state index is 6.17. The molecule has 1 N–H and O–H groups in total. The van der Waals surface area contributed by atoms with Gasteiger partial charge in [0.15, 0.2) is 0 Å². The van der Waals surface area contributed by atoms with Gasteiger partial charge in [0, 0.05) is 18.7 Å². The number of ether oxygens (including phenoxy) is 2. The van der Waals surface area contributed by atoms with Crippen molar-refractivity contribution in [3.63, 3.8) is 0 Å². The minimum Gasteiger partial charge on any atom is -0.489 e. The van der Waals surface area contributed by atoms with E-state index in [1.54, 1.807) is 6.07 Å². The molecule has 3 aromatic rings. The molecular weight excluding hydrogens is 405 g/mol. The van der Waals surface area contributed by atoms with Crippen LogP contribution in [0.1, 0.15) is 31.4 Å². The minimum absolute atomic E-state index is 0.273. The van der Waals surface area contributed by atoms with E-state index in [1.807, 2.05) is 18.2 Å². The van der Waals surface area contributed by atoms with E-state index in [9.17, 15) is 0 Å². The van der Waals surface area contributed by atoms with Crippen molar-refractivity contribution < 1.29 is 9.47 Å². The van der Waals surface area contributed by atoms with Crippen LogP contribution in [0.25, 0.3) is 10.8 Å². The third-order valence-corrected chi connectivity index (χ3v) is 5.37. The Morgan fingerprint density at radius 1 is 0.966 bits per heavy atom. The first kappa shape index (κ1) is 21.9. The average molecular weight is 432 g/mol. The molecule has 29 heavy (non-hydrogen) atoms. The van der Waals surface area contributed by atoms with E-state index in [0.29, 0.717) is 16.7 Å². The quantitative estimate of drug-likeness (QED) is 0.365. The van der Waals surface area contributed by atoms with Crippen LogP contribution in [0.3, 0.4) is 0 Å². The lowest BCUT2D eigenvalue weighted by Gasteiger charge is -2.16. The van der Waals surface area contributed by atoms with Crippen molar-refractivity contribution in [1.82, 2.24) is 5.32 Å². The van der Waals surface area contributed by atoms with Crippen LogP contribution >= 0.6 is 23.2 Å². The van der Waals surface area contributed by atoms with E-state index >= 15 is 0 Å². The van der Waals surface area contributed by atoms with Gasteiger partial charge in [-0.25, -0.2) is 0 Å². The average Bonchev–Trinajstić information content (AvgIpc) is 2.71. The lowest BCUT2D eigenvalue weighted by Crippen LogP contribution is -2.18. The Morgan fingerprint density at radius 2 is 1.79 bits per heavy atom. The van der Waals surface area contributed by atoms with Crippen LogP contribution in [0, 0.1) is 0 Å². The SMILES string of the molecule is CC(C)OCCCNCc1c(OCc2ccc(Cl)c(Cl)c2)ccc2ccccc12. The van der Waals surface area contributed by atoms with Crippen molar-refractivity contribution in [3.05, 3.63) is 75.8 Å². The summed E-state index contributed by atoms with van der Waals surface area (Å²) in [7, 11) is 0. The number of halogens is 2. The highest BCUT2D eigenvalue weighted by atomic mass is 35.5. The first-order chi connectivity index (χ1) is 14.0. The Balaban J connectivity index is 1.70. The zero-order valence-electron chi connectivity index (χ0n) is 16.9. The molecule has 0 bridgehead atoms. The van der Waals surface area contributed by atoms with Crippen LogP contribution in [-0.2, 0) is 17.9 Å². The Hall–Kier alpha value is -1.78. The van der Waals surface area contributed by atoms with E-state index in [0.717, 1.165) is 43.0 Å². The Morgan fingerprint density at radius 3 is 2.59 bits per heavy atom. The number of hydrogen-bond donors (Lipinski definition) is 1. The molecule has 0 unspecified atom stereocenters. The van der Waals surface area contributed by atoms with Crippen LogP contribution in [0.5, 0.6) is 5.75 Å². The molecule has 0 atom stereocenters. The van der Waals surface area contributed by atoms with Crippen LogP contribution < -0.4 is 10.1 Å². The summed E-state index contributed by atoms with van der Waals surface area (Å²) < 4.78 is 11.8. The van der Waals surface area contributed by atoms with E-state index in [-0.39, 0.29) is 6.10 Å². The van der Waals surface area contributed by atoms with Crippen molar-refractivity contribution in [1.29, 1.82) is 0 Å². The highest BCUT2D eigenvalue weighted by molar-refractivity contribution is 6.42. The highest BCUT2D eigenvalue weighted by Gasteiger charge is 2.10. The summed E-state index contributed by atoms with van der Waals surface area (Å²) in [4.78, 5) is 0. The fourth-order valence-corrected chi connectivity index (χ4v) is 3.47. The summed E-state index contributed by atoms with van der Waals surface area (Å²) in [6, 6.07) is 18.1. The summed E-state index contributed by atoms with van der Waals surface area (Å²) in [5, 5.41) is 7.01. The van der Waals surface area contributed by atoms with Gasteiger partial charge in [-0.2, -0.15) is 0 Å². The molecule has 0 radical (unpaired) electrons. The number of rotatable bonds is 10. The Kier molecular flexibility index (Phi) is 8.19.